The zero-order valence-electron chi connectivity index (χ0n) is 14.8. The number of rotatable bonds is 7. The number of primary sulfonamides is 1. The number of thiophene rings is 1. The number of hydrogen-bond donors (Lipinski definition) is 3. The Labute approximate surface area is 164 Å². The van der Waals surface area contributed by atoms with Gasteiger partial charge in [-0.3, -0.25) is 9.59 Å². The van der Waals surface area contributed by atoms with Crippen LogP contribution < -0.4 is 20.9 Å². The van der Waals surface area contributed by atoms with Crippen LogP contribution in [-0.4, -0.2) is 39.4 Å². The van der Waals surface area contributed by atoms with Crippen molar-refractivity contribution in [3.8, 4) is 5.75 Å². The fourth-order valence-corrected chi connectivity index (χ4v) is 3.45. The fourth-order valence-electron chi connectivity index (χ4n) is 2.11. The first-order valence-corrected chi connectivity index (χ1v) is 10.1. The molecule has 0 bridgehead atoms. The van der Waals surface area contributed by atoms with Crippen LogP contribution in [0.15, 0.2) is 34.5 Å². The maximum atomic E-state index is 12.4. The summed E-state index contributed by atoms with van der Waals surface area (Å²) in [6.45, 7) is 1.31. The normalized spacial score (nSPS) is 12.1. The third-order valence-electron chi connectivity index (χ3n) is 3.54. The molecule has 2 rings (SSSR count). The number of hydrogen-bond acceptors (Lipinski definition) is 8. The number of carbonyl (C=O) groups is 3. The number of esters is 1. The monoisotopic (exact) mass is 427 g/mol. The van der Waals surface area contributed by atoms with Crippen molar-refractivity contribution >= 4 is 44.1 Å². The zero-order chi connectivity index (χ0) is 21.1. The van der Waals surface area contributed by atoms with Crippen LogP contribution in [-0.2, 0) is 19.6 Å². The number of primary amides is 1. The number of sulfonamides is 1. The summed E-state index contributed by atoms with van der Waals surface area (Å²) < 4.78 is 33.1. The maximum Gasteiger partial charge on any atom is 0.342 e. The van der Waals surface area contributed by atoms with Crippen LogP contribution in [0.1, 0.15) is 27.6 Å². The van der Waals surface area contributed by atoms with E-state index in [-0.39, 0.29) is 26.8 Å². The molecule has 28 heavy (non-hydrogen) atoms. The predicted molar refractivity (Wildman–Crippen MR) is 101 cm³/mol. The van der Waals surface area contributed by atoms with Gasteiger partial charge in [0.15, 0.2) is 6.10 Å². The molecule has 2 amide bonds. The Hall–Kier alpha value is -2.96. The molecule has 1 aromatic carbocycles. The molecule has 150 valence electrons. The largest absolute Gasteiger partial charge is 0.496 e. The van der Waals surface area contributed by atoms with Gasteiger partial charge in [-0.25, -0.2) is 18.4 Å². The van der Waals surface area contributed by atoms with Crippen LogP contribution in [0.2, 0.25) is 0 Å². The van der Waals surface area contributed by atoms with Gasteiger partial charge in [-0.1, -0.05) is 0 Å². The van der Waals surface area contributed by atoms with Crippen LogP contribution in [0.25, 0.3) is 0 Å². The number of ether oxygens (including phenoxy) is 2. The van der Waals surface area contributed by atoms with Gasteiger partial charge in [0.1, 0.15) is 16.3 Å². The average Bonchev–Trinajstić information content (AvgIpc) is 3.08. The Morgan fingerprint density at radius 2 is 1.86 bits per heavy atom. The van der Waals surface area contributed by atoms with Gasteiger partial charge in [-0.15, -0.1) is 11.3 Å². The van der Waals surface area contributed by atoms with Crippen molar-refractivity contribution in [2.75, 3.05) is 12.4 Å². The highest BCUT2D eigenvalue weighted by Gasteiger charge is 2.24. The van der Waals surface area contributed by atoms with E-state index in [0.29, 0.717) is 0 Å². The molecule has 1 heterocycles. The molecule has 2 aromatic rings. The van der Waals surface area contributed by atoms with Crippen molar-refractivity contribution < 1.29 is 32.3 Å². The summed E-state index contributed by atoms with van der Waals surface area (Å²) in [6.07, 6.45) is -1.27. The van der Waals surface area contributed by atoms with Gasteiger partial charge < -0.3 is 20.5 Å². The molecule has 10 nitrogen and oxygen atoms in total. The summed E-state index contributed by atoms with van der Waals surface area (Å²) >= 11 is 1.08. The average molecular weight is 427 g/mol. The van der Waals surface area contributed by atoms with Crippen molar-refractivity contribution in [3.05, 3.63) is 40.8 Å². The first-order valence-electron chi connectivity index (χ1n) is 7.64. The number of benzene rings is 1. The first kappa shape index (κ1) is 21.3. The van der Waals surface area contributed by atoms with E-state index < -0.39 is 33.9 Å². The zero-order valence-corrected chi connectivity index (χ0v) is 16.4. The summed E-state index contributed by atoms with van der Waals surface area (Å²) in [4.78, 5) is 35.6. The van der Waals surface area contributed by atoms with Crippen molar-refractivity contribution in [2.24, 2.45) is 10.9 Å². The van der Waals surface area contributed by atoms with E-state index in [0.717, 1.165) is 17.4 Å². The second kappa shape index (κ2) is 8.37. The number of anilines is 1. The van der Waals surface area contributed by atoms with E-state index in [9.17, 15) is 22.8 Å². The molecule has 1 aromatic heterocycles. The van der Waals surface area contributed by atoms with Crippen LogP contribution in [0.5, 0.6) is 5.75 Å². The lowest BCUT2D eigenvalue weighted by atomic mass is 10.2. The van der Waals surface area contributed by atoms with Crippen LogP contribution in [0.3, 0.4) is 0 Å². The standard InChI is InChI=1S/C16H17N3O7S2/c1-8(14(21)19-15-10(13(17)20)5-6-27-15)26-16(22)11-7-9(28(18,23)24)3-4-12(11)25-2/h3-8H,1-2H3,(H2,17,20)(H,19,21)(H2,18,23,24)/t8-/m0/s1. The van der Waals surface area contributed by atoms with E-state index in [2.05, 4.69) is 5.32 Å². The third kappa shape index (κ3) is 4.85. The molecule has 0 saturated heterocycles. The van der Waals surface area contributed by atoms with Gasteiger partial charge in [0.2, 0.25) is 10.0 Å². The number of amides is 2. The Kier molecular flexibility index (Phi) is 6.38. The molecule has 0 unspecified atom stereocenters. The Morgan fingerprint density at radius 1 is 1.18 bits per heavy atom. The van der Waals surface area contributed by atoms with Crippen molar-refractivity contribution in [2.45, 2.75) is 17.9 Å². The minimum Gasteiger partial charge on any atom is -0.496 e. The molecule has 0 spiro atoms. The maximum absolute atomic E-state index is 12.4. The molecule has 5 N–H and O–H groups in total. The van der Waals surface area contributed by atoms with E-state index in [1.807, 2.05) is 0 Å². The smallest absolute Gasteiger partial charge is 0.342 e. The van der Waals surface area contributed by atoms with Gasteiger partial charge >= 0.3 is 5.97 Å². The van der Waals surface area contributed by atoms with Crippen LogP contribution in [0.4, 0.5) is 5.00 Å². The molecule has 0 aliphatic carbocycles. The van der Waals surface area contributed by atoms with Gasteiger partial charge in [0.05, 0.1) is 17.6 Å². The highest BCUT2D eigenvalue weighted by Crippen LogP contribution is 2.25. The number of nitrogens with one attached hydrogen (secondary N) is 1. The lowest BCUT2D eigenvalue weighted by Crippen LogP contribution is -2.30. The van der Waals surface area contributed by atoms with Crippen molar-refractivity contribution in [1.82, 2.24) is 0 Å². The summed E-state index contributed by atoms with van der Waals surface area (Å²) in [7, 11) is -2.78. The van der Waals surface area contributed by atoms with Crippen LogP contribution >= 0.6 is 11.3 Å². The summed E-state index contributed by atoms with van der Waals surface area (Å²) in [5.41, 5.74) is 5.11. The van der Waals surface area contributed by atoms with Crippen LogP contribution in [0, 0.1) is 0 Å². The number of methoxy groups -OCH3 is 1. The van der Waals surface area contributed by atoms with E-state index in [1.54, 1.807) is 5.38 Å². The summed E-state index contributed by atoms with van der Waals surface area (Å²) in [5.74, 6) is -2.38. The molecule has 12 heteroatoms. The highest BCUT2D eigenvalue weighted by atomic mass is 32.2. The molecule has 0 aliphatic rings. The second-order valence-corrected chi connectivity index (χ2v) is 7.95. The SMILES string of the molecule is COc1ccc(S(N)(=O)=O)cc1C(=O)O[C@@H](C)C(=O)Nc1sccc1C(N)=O. The quantitative estimate of drug-likeness (QED) is 0.546. The van der Waals surface area contributed by atoms with Gasteiger partial charge in [-0.2, -0.15) is 0 Å². The third-order valence-corrected chi connectivity index (χ3v) is 5.28. The number of nitrogens with two attached hydrogens (primary N) is 2. The van der Waals surface area contributed by atoms with E-state index in [1.165, 1.54) is 32.2 Å². The van der Waals surface area contributed by atoms with Gasteiger partial charge in [0.25, 0.3) is 11.8 Å². The lowest BCUT2D eigenvalue weighted by molar-refractivity contribution is -0.123. The molecule has 0 aliphatic heterocycles. The fraction of sp³-hybridized carbons (Fsp3) is 0.188. The highest BCUT2D eigenvalue weighted by molar-refractivity contribution is 7.89. The minimum absolute atomic E-state index is 0.0410. The van der Waals surface area contributed by atoms with Crippen molar-refractivity contribution in [3.63, 3.8) is 0 Å². The Bertz CT molecular complexity index is 1030. The molecular weight excluding hydrogens is 410 g/mol. The van der Waals surface area contributed by atoms with Crippen molar-refractivity contribution in [1.29, 1.82) is 0 Å². The minimum atomic E-state index is -4.06. The lowest BCUT2D eigenvalue weighted by Gasteiger charge is -2.15. The summed E-state index contributed by atoms with van der Waals surface area (Å²) in [5, 5.41) is 9.29. The topological polar surface area (TPSA) is 168 Å². The predicted octanol–water partition coefficient (Wildman–Crippen LogP) is 0.687. The molecule has 0 radical (unpaired) electrons. The second-order valence-electron chi connectivity index (χ2n) is 5.47. The van der Waals surface area contributed by atoms with E-state index in [4.69, 9.17) is 20.3 Å². The molecule has 1 atom stereocenters. The van der Waals surface area contributed by atoms with Gasteiger partial charge in [0, 0.05) is 0 Å². The molecular formula is C16H17N3O7S2. The number of carbonyl (C=O) groups excluding carboxylic acids is 3. The van der Waals surface area contributed by atoms with E-state index >= 15 is 0 Å². The first-order chi connectivity index (χ1) is 13.0. The Balaban J connectivity index is 2.18. The summed E-state index contributed by atoms with van der Waals surface area (Å²) in [6, 6.07) is 4.85. The van der Waals surface area contributed by atoms with Gasteiger partial charge in [-0.05, 0) is 36.6 Å². The molecule has 0 saturated carbocycles. The Morgan fingerprint density at radius 3 is 2.43 bits per heavy atom. The molecule has 0 fully saturated rings.